The number of nitrogens with zero attached hydrogens (tertiary/aromatic N) is 2. The molecule has 3 aromatic rings. The number of rotatable bonds is 7. The van der Waals surface area contributed by atoms with Crippen molar-refractivity contribution in [2.75, 3.05) is 6.54 Å². The number of benzene rings is 1. The van der Waals surface area contributed by atoms with Gasteiger partial charge in [0.15, 0.2) is 0 Å². The average Bonchev–Trinajstić information content (AvgIpc) is 3.12. The molecule has 0 saturated heterocycles. The Morgan fingerprint density at radius 2 is 1.88 bits per heavy atom. The van der Waals surface area contributed by atoms with Gasteiger partial charge >= 0.3 is 0 Å². The summed E-state index contributed by atoms with van der Waals surface area (Å²) in [5.41, 5.74) is 2.70. The number of pyridine rings is 1. The lowest BCUT2D eigenvalue weighted by Gasteiger charge is -2.08. The SMILES string of the molecule is CC(C)c1nc(CCNS(=O)(=O)c2cccc(-c3ccncc3)c2)cs1. The van der Waals surface area contributed by atoms with E-state index in [-0.39, 0.29) is 4.90 Å². The fourth-order valence-electron chi connectivity index (χ4n) is 2.49. The first-order chi connectivity index (χ1) is 12.5. The molecule has 7 heteroatoms. The van der Waals surface area contributed by atoms with Gasteiger partial charge in [0, 0.05) is 36.7 Å². The minimum Gasteiger partial charge on any atom is -0.265 e. The molecule has 1 aromatic carbocycles. The van der Waals surface area contributed by atoms with Gasteiger partial charge in [-0.05, 0) is 35.4 Å². The van der Waals surface area contributed by atoms with Crippen molar-refractivity contribution in [3.05, 3.63) is 64.9 Å². The summed E-state index contributed by atoms with van der Waals surface area (Å²) in [4.78, 5) is 8.78. The van der Waals surface area contributed by atoms with Crippen LogP contribution in [0.15, 0.2) is 59.1 Å². The van der Waals surface area contributed by atoms with E-state index in [1.807, 2.05) is 23.6 Å². The minimum atomic E-state index is -3.56. The highest BCUT2D eigenvalue weighted by atomic mass is 32.2. The molecule has 2 heterocycles. The van der Waals surface area contributed by atoms with Crippen LogP contribution in [0.3, 0.4) is 0 Å². The van der Waals surface area contributed by atoms with E-state index in [9.17, 15) is 8.42 Å². The van der Waals surface area contributed by atoms with E-state index in [1.54, 1.807) is 41.9 Å². The molecule has 5 nitrogen and oxygen atoms in total. The van der Waals surface area contributed by atoms with Crippen LogP contribution in [-0.2, 0) is 16.4 Å². The first kappa shape index (κ1) is 18.7. The number of nitrogens with one attached hydrogen (secondary N) is 1. The molecule has 136 valence electrons. The van der Waals surface area contributed by atoms with Crippen molar-refractivity contribution in [3.8, 4) is 11.1 Å². The number of aromatic nitrogens is 2. The number of hydrogen-bond acceptors (Lipinski definition) is 5. The van der Waals surface area contributed by atoms with Crippen LogP contribution in [0.4, 0.5) is 0 Å². The van der Waals surface area contributed by atoms with Gasteiger partial charge in [0.25, 0.3) is 0 Å². The number of thiazole rings is 1. The van der Waals surface area contributed by atoms with Gasteiger partial charge in [0.1, 0.15) is 0 Å². The fraction of sp³-hybridized carbons (Fsp3) is 0.263. The van der Waals surface area contributed by atoms with Gasteiger partial charge in [-0.2, -0.15) is 0 Å². The topological polar surface area (TPSA) is 72.0 Å². The molecule has 0 saturated carbocycles. The van der Waals surface area contributed by atoms with E-state index in [1.165, 1.54) is 0 Å². The maximum atomic E-state index is 12.6. The molecular formula is C19H21N3O2S2. The predicted octanol–water partition coefficient (Wildman–Crippen LogP) is 3.85. The molecule has 0 aliphatic heterocycles. The van der Waals surface area contributed by atoms with Gasteiger partial charge in [0.2, 0.25) is 10.0 Å². The quantitative estimate of drug-likeness (QED) is 0.668. The van der Waals surface area contributed by atoms with E-state index >= 15 is 0 Å². The Kier molecular flexibility index (Phi) is 5.80. The molecule has 0 spiro atoms. The Hall–Kier alpha value is -2.09. The van der Waals surface area contributed by atoms with Crippen LogP contribution in [-0.4, -0.2) is 24.9 Å². The molecule has 26 heavy (non-hydrogen) atoms. The standard InChI is InChI=1S/C19H21N3O2S2/c1-14(2)19-22-17(13-25-19)8-11-21-26(23,24)18-5-3-4-16(12-18)15-6-9-20-10-7-15/h3-7,9-10,12-14,21H,8,11H2,1-2H3. The van der Waals surface area contributed by atoms with Crippen LogP contribution in [0.1, 0.15) is 30.5 Å². The monoisotopic (exact) mass is 387 g/mol. The van der Waals surface area contributed by atoms with Gasteiger partial charge in [-0.3, -0.25) is 4.98 Å². The first-order valence-corrected chi connectivity index (χ1v) is 10.8. The van der Waals surface area contributed by atoms with Crippen LogP contribution in [0.25, 0.3) is 11.1 Å². The molecule has 0 amide bonds. The van der Waals surface area contributed by atoms with Gasteiger partial charge in [0.05, 0.1) is 15.6 Å². The third kappa shape index (κ3) is 4.55. The Bertz CT molecular complexity index is 967. The Morgan fingerprint density at radius 1 is 1.12 bits per heavy atom. The summed E-state index contributed by atoms with van der Waals surface area (Å²) in [5, 5.41) is 3.07. The molecule has 0 fully saturated rings. The molecule has 0 radical (unpaired) electrons. The van der Waals surface area contributed by atoms with E-state index in [0.717, 1.165) is 21.8 Å². The number of hydrogen-bond donors (Lipinski definition) is 1. The van der Waals surface area contributed by atoms with Gasteiger partial charge in [-0.25, -0.2) is 18.1 Å². The van der Waals surface area contributed by atoms with Gasteiger partial charge < -0.3 is 0 Å². The third-order valence-corrected chi connectivity index (χ3v) is 6.55. The maximum Gasteiger partial charge on any atom is 0.240 e. The summed E-state index contributed by atoms with van der Waals surface area (Å²) in [7, 11) is -3.56. The normalized spacial score (nSPS) is 11.8. The lowest BCUT2D eigenvalue weighted by atomic mass is 10.1. The zero-order valence-electron chi connectivity index (χ0n) is 14.7. The lowest BCUT2D eigenvalue weighted by molar-refractivity contribution is 0.581. The first-order valence-electron chi connectivity index (χ1n) is 8.40. The van der Waals surface area contributed by atoms with E-state index < -0.39 is 10.0 Å². The minimum absolute atomic E-state index is 0.257. The summed E-state index contributed by atoms with van der Waals surface area (Å²) in [6.07, 6.45) is 3.95. The Labute approximate surface area is 158 Å². The van der Waals surface area contributed by atoms with Crippen LogP contribution in [0.2, 0.25) is 0 Å². The lowest BCUT2D eigenvalue weighted by Crippen LogP contribution is -2.26. The predicted molar refractivity (Wildman–Crippen MR) is 105 cm³/mol. The molecule has 0 bridgehead atoms. The largest absolute Gasteiger partial charge is 0.265 e. The maximum absolute atomic E-state index is 12.6. The summed E-state index contributed by atoms with van der Waals surface area (Å²) in [5.74, 6) is 0.390. The molecule has 0 aliphatic carbocycles. The van der Waals surface area contributed by atoms with Crippen molar-refractivity contribution in [3.63, 3.8) is 0 Å². The van der Waals surface area contributed by atoms with Crippen molar-refractivity contribution in [2.24, 2.45) is 0 Å². The molecular weight excluding hydrogens is 366 g/mol. The average molecular weight is 388 g/mol. The summed E-state index contributed by atoms with van der Waals surface area (Å²) >= 11 is 1.62. The van der Waals surface area contributed by atoms with Crippen molar-refractivity contribution >= 4 is 21.4 Å². The van der Waals surface area contributed by atoms with E-state index in [0.29, 0.717) is 18.9 Å². The molecule has 3 rings (SSSR count). The highest BCUT2D eigenvalue weighted by Gasteiger charge is 2.15. The van der Waals surface area contributed by atoms with E-state index in [2.05, 4.69) is 28.5 Å². The Morgan fingerprint density at radius 3 is 2.58 bits per heavy atom. The van der Waals surface area contributed by atoms with Crippen LogP contribution in [0.5, 0.6) is 0 Å². The second-order valence-electron chi connectivity index (χ2n) is 6.24. The highest BCUT2D eigenvalue weighted by Crippen LogP contribution is 2.22. The summed E-state index contributed by atoms with van der Waals surface area (Å²) in [6.45, 7) is 4.52. The van der Waals surface area contributed by atoms with Gasteiger partial charge in [-0.1, -0.05) is 26.0 Å². The van der Waals surface area contributed by atoms with Crippen LogP contribution < -0.4 is 4.72 Å². The molecule has 0 unspecified atom stereocenters. The van der Waals surface area contributed by atoms with Crippen molar-refractivity contribution in [2.45, 2.75) is 31.1 Å². The molecule has 0 aliphatic rings. The van der Waals surface area contributed by atoms with Crippen LogP contribution in [0, 0.1) is 0 Å². The molecule has 2 aromatic heterocycles. The van der Waals surface area contributed by atoms with Crippen molar-refractivity contribution in [1.29, 1.82) is 0 Å². The second kappa shape index (κ2) is 8.07. The van der Waals surface area contributed by atoms with E-state index in [4.69, 9.17) is 0 Å². The summed E-state index contributed by atoms with van der Waals surface area (Å²) < 4.78 is 27.8. The van der Waals surface area contributed by atoms with Crippen molar-refractivity contribution < 1.29 is 8.42 Å². The zero-order chi connectivity index (χ0) is 18.6. The highest BCUT2D eigenvalue weighted by molar-refractivity contribution is 7.89. The van der Waals surface area contributed by atoms with Crippen LogP contribution >= 0.6 is 11.3 Å². The fourth-order valence-corrected chi connectivity index (χ4v) is 4.43. The van der Waals surface area contributed by atoms with Gasteiger partial charge in [-0.15, -0.1) is 11.3 Å². The summed E-state index contributed by atoms with van der Waals surface area (Å²) in [6, 6.07) is 10.6. The number of sulfonamides is 1. The zero-order valence-corrected chi connectivity index (χ0v) is 16.3. The third-order valence-electron chi connectivity index (χ3n) is 3.89. The molecule has 0 atom stereocenters. The second-order valence-corrected chi connectivity index (χ2v) is 8.90. The van der Waals surface area contributed by atoms with Crippen molar-refractivity contribution in [1.82, 2.24) is 14.7 Å². The Balaban J connectivity index is 1.68. The smallest absolute Gasteiger partial charge is 0.240 e. The molecule has 1 N–H and O–H groups in total.